The van der Waals surface area contributed by atoms with E-state index in [1.54, 1.807) is 0 Å². The molecule has 0 aliphatic heterocycles. The monoisotopic (exact) mass is 492 g/mol. The Morgan fingerprint density at radius 3 is 1.19 bits per heavy atom. The van der Waals surface area contributed by atoms with Crippen LogP contribution in [0.15, 0.2) is 60.9 Å². The number of pyridine rings is 2. The molecule has 0 bridgehead atoms. The number of benzene rings is 2. The van der Waals surface area contributed by atoms with Gasteiger partial charge in [-0.2, -0.15) is 0 Å². The van der Waals surface area contributed by atoms with Gasteiger partial charge in [0.15, 0.2) is 0 Å². The normalized spacial score (nSPS) is 11.0. The minimum Gasteiger partial charge on any atom is -0.373 e. The Labute approximate surface area is 223 Å². The molecule has 0 saturated carbocycles. The molecule has 2 aromatic carbocycles. The smallest absolute Gasteiger partial charge is 0.0703 e. The van der Waals surface area contributed by atoms with E-state index < -0.39 is 0 Å². The van der Waals surface area contributed by atoms with E-state index in [1.165, 1.54) is 44.5 Å². The van der Waals surface area contributed by atoms with Gasteiger partial charge in [-0.05, 0) is 130 Å². The number of anilines is 2. The first-order valence-electron chi connectivity index (χ1n) is 13.1. The number of hydrogen-bond acceptors (Lipinski definition) is 4. The number of aryl methyl sites for hydroxylation is 4. The van der Waals surface area contributed by atoms with Crippen LogP contribution in [-0.4, -0.2) is 37.2 Å². The molecular weight excluding hydrogens is 452 g/mol. The second-order valence-electron chi connectivity index (χ2n) is 10.5. The molecule has 0 fully saturated rings. The molecule has 0 N–H and O–H groups in total. The molecule has 0 aliphatic carbocycles. The molecule has 0 radical (unpaired) electrons. The Bertz CT molecular complexity index is 1220. The molecular formula is C33H40N4. The standard InChI is InChI=1S/C33H40N4/c1-22-16-28(17-23(2)26(22)5)32-12-10-30(20-34-32)36(7)14-9-15-37(8)31-11-13-33(35-21-31)29-18-24(3)27(6)25(4)19-29/h10-13,16-21H,9,14-15H2,1-8H3. The lowest BCUT2D eigenvalue weighted by molar-refractivity contribution is 0.761. The van der Waals surface area contributed by atoms with Crippen LogP contribution in [0.5, 0.6) is 0 Å². The van der Waals surface area contributed by atoms with Gasteiger partial charge in [-0.1, -0.05) is 0 Å². The van der Waals surface area contributed by atoms with E-state index in [0.29, 0.717) is 0 Å². The van der Waals surface area contributed by atoms with Gasteiger partial charge in [0.1, 0.15) is 0 Å². The number of nitrogens with zero attached hydrogens (tertiary/aromatic N) is 4. The van der Waals surface area contributed by atoms with Crippen LogP contribution in [0.25, 0.3) is 22.5 Å². The van der Waals surface area contributed by atoms with Crippen molar-refractivity contribution in [3.63, 3.8) is 0 Å². The van der Waals surface area contributed by atoms with Gasteiger partial charge in [0, 0.05) is 38.3 Å². The van der Waals surface area contributed by atoms with Gasteiger partial charge >= 0.3 is 0 Å². The van der Waals surface area contributed by atoms with Crippen molar-refractivity contribution >= 4 is 11.4 Å². The molecule has 0 unspecified atom stereocenters. The Morgan fingerprint density at radius 1 is 0.541 bits per heavy atom. The van der Waals surface area contributed by atoms with E-state index in [0.717, 1.165) is 42.3 Å². The zero-order valence-electron chi connectivity index (χ0n) is 23.7. The highest BCUT2D eigenvalue weighted by atomic mass is 15.1. The van der Waals surface area contributed by atoms with Crippen molar-refractivity contribution in [1.29, 1.82) is 0 Å². The maximum Gasteiger partial charge on any atom is 0.0703 e. The first-order chi connectivity index (χ1) is 17.6. The van der Waals surface area contributed by atoms with Crippen molar-refractivity contribution in [2.75, 3.05) is 37.0 Å². The summed E-state index contributed by atoms with van der Waals surface area (Å²) in [6.45, 7) is 14.9. The average molecular weight is 493 g/mol. The topological polar surface area (TPSA) is 32.3 Å². The summed E-state index contributed by atoms with van der Waals surface area (Å²) >= 11 is 0. The van der Waals surface area contributed by atoms with E-state index in [-0.39, 0.29) is 0 Å². The minimum atomic E-state index is 0.960. The van der Waals surface area contributed by atoms with Crippen LogP contribution >= 0.6 is 0 Å². The summed E-state index contributed by atoms with van der Waals surface area (Å²) < 4.78 is 0. The Morgan fingerprint density at radius 2 is 0.892 bits per heavy atom. The average Bonchev–Trinajstić information content (AvgIpc) is 2.89. The second-order valence-corrected chi connectivity index (χ2v) is 10.5. The summed E-state index contributed by atoms with van der Waals surface area (Å²) in [5.41, 5.74) is 14.7. The largest absolute Gasteiger partial charge is 0.373 e. The zero-order chi connectivity index (χ0) is 26.7. The summed E-state index contributed by atoms with van der Waals surface area (Å²) in [4.78, 5) is 14.1. The predicted molar refractivity (Wildman–Crippen MR) is 159 cm³/mol. The van der Waals surface area contributed by atoms with Gasteiger partial charge in [0.25, 0.3) is 0 Å². The fraction of sp³-hybridized carbons (Fsp3) is 0.333. The molecule has 0 atom stereocenters. The molecule has 192 valence electrons. The SMILES string of the molecule is Cc1cc(-c2ccc(N(C)CCCN(C)c3ccc(-c4cc(C)c(C)c(C)c4)nc3)cn2)cc(C)c1C. The molecule has 0 aliphatic rings. The van der Waals surface area contributed by atoms with E-state index in [4.69, 9.17) is 9.97 Å². The van der Waals surface area contributed by atoms with Crippen molar-refractivity contribution in [1.82, 2.24) is 9.97 Å². The molecule has 4 rings (SSSR count). The minimum absolute atomic E-state index is 0.960. The number of rotatable bonds is 8. The van der Waals surface area contributed by atoms with E-state index in [9.17, 15) is 0 Å². The zero-order valence-corrected chi connectivity index (χ0v) is 23.7. The summed E-state index contributed by atoms with van der Waals surface area (Å²) in [6.07, 6.45) is 5.02. The molecule has 4 heteroatoms. The molecule has 0 saturated heterocycles. The van der Waals surface area contributed by atoms with Gasteiger partial charge in [0.2, 0.25) is 0 Å². The maximum absolute atomic E-state index is 4.76. The van der Waals surface area contributed by atoms with Crippen LogP contribution in [0.3, 0.4) is 0 Å². The molecule has 2 aromatic heterocycles. The lowest BCUT2D eigenvalue weighted by atomic mass is 9.99. The third kappa shape index (κ3) is 6.02. The van der Waals surface area contributed by atoms with Crippen molar-refractivity contribution in [3.8, 4) is 22.5 Å². The predicted octanol–water partition coefficient (Wildman–Crippen LogP) is 7.62. The quantitative estimate of drug-likeness (QED) is 0.253. The summed E-state index contributed by atoms with van der Waals surface area (Å²) in [5, 5.41) is 0. The van der Waals surface area contributed by atoms with E-state index >= 15 is 0 Å². The Hall–Kier alpha value is -3.66. The lowest BCUT2D eigenvalue weighted by Crippen LogP contribution is -2.25. The third-order valence-corrected chi connectivity index (χ3v) is 7.81. The molecule has 2 heterocycles. The van der Waals surface area contributed by atoms with Crippen LogP contribution in [-0.2, 0) is 0 Å². The van der Waals surface area contributed by atoms with Gasteiger partial charge in [0.05, 0.1) is 35.2 Å². The van der Waals surface area contributed by atoms with Gasteiger partial charge < -0.3 is 9.80 Å². The summed E-state index contributed by atoms with van der Waals surface area (Å²) in [7, 11) is 4.28. The molecule has 0 spiro atoms. The van der Waals surface area contributed by atoms with Crippen molar-refractivity contribution < 1.29 is 0 Å². The highest BCUT2D eigenvalue weighted by molar-refractivity contribution is 5.65. The highest BCUT2D eigenvalue weighted by Crippen LogP contribution is 2.26. The van der Waals surface area contributed by atoms with Crippen LogP contribution < -0.4 is 9.80 Å². The number of hydrogen-bond donors (Lipinski definition) is 0. The van der Waals surface area contributed by atoms with Gasteiger partial charge in [-0.15, -0.1) is 0 Å². The Balaban J connectivity index is 1.32. The summed E-state index contributed by atoms with van der Waals surface area (Å²) in [5.74, 6) is 0. The van der Waals surface area contributed by atoms with Crippen LogP contribution in [0.1, 0.15) is 39.8 Å². The number of aromatic nitrogens is 2. The first-order valence-corrected chi connectivity index (χ1v) is 13.1. The van der Waals surface area contributed by atoms with Crippen molar-refractivity contribution in [2.24, 2.45) is 0 Å². The summed E-state index contributed by atoms with van der Waals surface area (Å²) in [6, 6.07) is 17.5. The van der Waals surface area contributed by atoms with Crippen molar-refractivity contribution in [2.45, 2.75) is 48.0 Å². The highest BCUT2D eigenvalue weighted by Gasteiger charge is 2.09. The second kappa shape index (κ2) is 11.2. The van der Waals surface area contributed by atoms with E-state index in [2.05, 4.69) is 114 Å². The van der Waals surface area contributed by atoms with Crippen molar-refractivity contribution in [3.05, 3.63) is 94.3 Å². The first kappa shape index (κ1) is 26.4. The van der Waals surface area contributed by atoms with Gasteiger partial charge in [-0.3, -0.25) is 9.97 Å². The van der Waals surface area contributed by atoms with Crippen LogP contribution in [0.4, 0.5) is 11.4 Å². The molecule has 0 amide bonds. The lowest BCUT2D eigenvalue weighted by Gasteiger charge is -2.23. The van der Waals surface area contributed by atoms with Crippen LogP contribution in [0.2, 0.25) is 0 Å². The maximum atomic E-state index is 4.76. The molecule has 4 aromatic rings. The van der Waals surface area contributed by atoms with E-state index in [1.807, 2.05) is 12.4 Å². The van der Waals surface area contributed by atoms with Crippen LogP contribution in [0, 0.1) is 41.5 Å². The molecule has 37 heavy (non-hydrogen) atoms. The van der Waals surface area contributed by atoms with Gasteiger partial charge in [-0.25, -0.2) is 0 Å². The fourth-order valence-corrected chi connectivity index (χ4v) is 4.74. The third-order valence-electron chi connectivity index (χ3n) is 7.81. The molecule has 4 nitrogen and oxygen atoms in total. The Kier molecular flexibility index (Phi) is 7.97. The fourth-order valence-electron chi connectivity index (χ4n) is 4.74.